The second-order valence-electron chi connectivity index (χ2n) is 4.33. The molecule has 1 aromatic heterocycles. The average molecular weight is 260 g/mol. The van der Waals surface area contributed by atoms with E-state index in [1.807, 2.05) is 13.8 Å². The number of thiazole rings is 1. The van der Waals surface area contributed by atoms with Gasteiger partial charge in [-0.25, -0.2) is 13.4 Å². The van der Waals surface area contributed by atoms with E-state index in [-0.39, 0.29) is 11.5 Å². The SMILES string of the molecule is Cc1nc(CS(=O)(=O)CC2CNC2)sc1C. The number of sulfone groups is 1. The molecule has 1 aliphatic rings. The molecule has 1 aliphatic heterocycles. The van der Waals surface area contributed by atoms with E-state index in [0.717, 1.165) is 28.7 Å². The fourth-order valence-electron chi connectivity index (χ4n) is 1.67. The Kier molecular flexibility index (Phi) is 3.32. The van der Waals surface area contributed by atoms with Gasteiger partial charge in [-0.1, -0.05) is 0 Å². The molecule has 2 heterocycles. The third kappa shape index (κ3) is 2.81. The highest BCUT2D eigenvalue weighted by Gasteiger charge is 2.25. The van der Waals surface area contributed by atoms with E-state index in [1.54, 1.807) is 0 Å². The van der Waals surface area contributed by atoms with Gasteiger partial charge in [0, 0.05) is 18.0 Å². The summed E-state index contributed by atoms with van der Waals surface area (Å²) in [5.74, 6) is 0.688. The zero-order valence-electron chi connectivity index (χ0n) is 9.49. The van der Waals surface area contributed by atoms with Crippen LogP contribution >= 0.6 is 11.3 Å². The van der Waals surface area contributed by atoms with Crippen molar-refractivity contribution >= 4 is 21.2 Å². The molecule has 0 bridgehead atoms. The van der Waals surface area contributed by atoms with Crippen LogP contribution in [0.2, 0.25) is 0 Å². The molecule has 1 fully saturated rings. The predicted octanol–water partition coefficient (Wildman–Crippen LogP) is 0.894. The van der Waals surface area contributed by atoms with Crippen molar-refractivity contribution in [3.05, 3.63) is 15.6 Å². The van der Waals surface area contributed by atoms with Crippen molar-refractivity contribution in [3.8, 4) is 0 Å². The van der Waals surface area contributed by atoms with E-state index in [0.29, 0.717) is 5.92 Å². The van der Waals surface area contributed by atoms with Crippen LogP contribution in [0.3, 0.4) is 0 Å². The Balaban J connectivity index is 2.02. The van der Waals surface area contributed by atoms with Gasteiger partial charge in [0.1, 0.15) is 10.8 Å². The lowest BCUT2D eigenvalue weighted by molar-refractivity contribution is 0.378. The van der Waals surface area contributed by atoms with Gasteiger partial charge in [0.2, 0.25) is 0 Å². The first-order valence-electron chi connectivity index (χ1n) is 5.30. The molecule has 16 heavy (non-hydrogen) atoms. The number of hydrogen-bond donors (Lipinski definition) is 1. The van der Waals surface area contributed by atoms with Crippen molar-refractivity contribution in [1.82, 2.24) is 10.3 Å². The van der Waals surface area contributed by atoms with Crippen LogP contribution in [0.15, 0.2) is 0 Å². The van der Waals surface area contributed by atoms with Gasteiger partial charge in [0.15, 0.2) is 9.84 Å². The number of nitrogens with zero attached hydrogens (tertiary/aromatic N) is 1. The molecular formula is C10H16N2O2S2. The first-order valence-corrected chi connectivity index (χ1v) is 7.94. The molecule has 0 spiro atoms. The monoisotopic (exact) mass is 260 g/mol. The van der Waals surface area contributed by atoms with Gasteiger partial charge in [0.25, 0.3) is 0 Å². The molecule has 0 amide bonds. The highest BCUT2D eigenvalue weighted by Crippen LogP contribution is 2.20. The molecular weight excluding hydrogens is 244 g/mol. The predicted molar refractivity (Wildman–Crippen MR) is 65.4 cm³/mol. The molecule has 0 saturated carbocycles. The maximum absolute atomic E-state index is 11.9. The summed E-state index contributed by atoms with van der Waals surface area (Å²) in [6, 6.07) is 0. The molecule has 2 rings (SSSR count). The largest absolute Gasteiger partial charge is 0.316 e. The number of nitrogens with one attached hydrogen (secondary N) is 1. The molecule has 0 aliphatic carbocycles. The van der Waals surface area contributed by atoms with E-state index in [4.69, 9.17) is 0 Å². The zero-order chi connectivity index (χ0) is 11.8. The number of hydrogen-bond acceptors (Lipinski definition) is 5. The summed E-state index contributed by atoms with van der Waals surface area (Å²) in [7, 11) is -2.99. The van der Waals surface area contributed by atoms with Gasteiger partial charge in [-0.3, -0.25) is 0 Å². The molecule has 4 nitrogen and oxygen atoms in total. The first-order chi connectivity index (χ1) is 7.46. The molecule has 1 N–H and O–H groups in total. The van der Waals surface area contributed by atoms with Crippen LogP contribution in [0.1, 0.15) is 15.6 Å². The summed E-state index contributed by atoms with van der Waals surface area (Å²) in [5, 5.41) is 3.81. The summed E-state index contributed by atoms with van der Waals surface area (Å²) in [6.07, 6.45) is 0. The van der Waals surface area contributed by atoms with E-state index < -0.39 is 9.84 Å². The fraction of sp³-hybridized carbons (Fsp3) is 0.700. The van der Waals surface area contributed by atoms with E-state index >= 15 is 0 Å². The lowest BCUT2D eigenvalue weighted by Gasteiger charge is -2.26. The first kappa shape index (κ1) is 12.0. The van der Waals surface area contributed by atoms with E-state index in [9.17, 15) is 8.42 Å². The van der Waals surface area contributed by atoms with Gasteiger partial charge < -0.3 is 5.32 Å². The highest BCUT2D eigenvalue weighted by atomic mass is 32.2. The van der Waals surface area contributed by atoms with Crippen LogP contribution in [0, 0.1) is 19.8 Å². The van der Waals surface area contributed by atoms with Crippen LogP contribution < -0.4 is 5.32 Å². The summed E-state index contributed by atoms with van der Waals surface area (Å²) in [6.45, 7) is 5.54. The maximum atomic E-state index is 11.9. The number of aromatic nitrogens is 1. The molecule has 6 heteroatoms. The van der Waals surface area contributed by atoms with Crippen LogP contribution in [0.25, 0.3) is 0 Å². The lowest BCUT2D eigenvalue weighted by atomic mass is 10.1. The highest BCUT2D eigenvalue weighted by molar-refractivity contribution is 7.90. The smallest absolute Gasteiger partial charge is 0.157 e. The topological polar surface area (TPSA) is 59.1 Å². The number of aryl methyl sites for hydroxylation is 2. The van der Waals surface area contributed by atoms with Gasteiger partial charge in [-0.05, 0) is 19.8 Å². The second kappa shape index (κ2) is 4.43. The van der Waals surface area contributed by atoms with Crippen LogP contribution in [0.4, 0.5) is 0 Å². The zero-order valence-corrected chi connectivity index (χ0v) is 11.1. The number of rotatable bonds is 4. The molecule has 0 radical (unpaired) electrons. The van der Waals surface area contributed by atoms with Crippen molar-refractivity contribution in [1.29, 1.82) is 0 Å². The van der Waals surface area contributed by atoms with Crippen LogP contribution in [-0.4, -0.2) is 32.2 Å². The summed E-state index contributed by atoms with van der Waals surface area (Å²) in [4.78, 5) is 5.38. The van der Waals surface area contributed by atoms with Gasteiger partial charge in [0.05, 0.1) is 11.4 Å². The van der Waals surface area contributed by atoms with Crippen molar-refractivity contribution in [2.45, 2.75) is 19.6 Å². The van der Waals surface area contributed by atoms with Gasteiger partial charge in [-0.2, -0.15) is 0 Å². The lowest BCUT2D eigenvalue weighted by Crippen LogP contribution is -2.45. The Bertz CT molecular complexity index is 456. The van der Waals surface area contributed by atoms with Crippen molar-refractivity contribution in [3.63, 3.8) is 0 Å². The third-order valence-electron chi connectivity index (χ3n) is 2.77. The van der Waals surface area contributed by atoms with Gasteiger partial charge >= 0.3 is 0 Å². The molecule has 0 atom stereocenters. The summed E-state index contributed by atoms with van der Waals surface area (Å²) in [5.41, 5.74) is 0.945. The molecule has 1 aromatic rings. The summed E-state index contributed by atoms with van der Waals surface area (Å²) >= 11 is 1.49. The minimum absolute atomic E-state index is 0.100. The molecule has 90 valence electrons. The molecule has 0 unspecified atom stereocenters. The summed E-state index contributed by atoms with van der Waals surface area (Å²) < 4.78 is 23.7. The van der Waals surface area contributed by atoms with Gasteiger partial charge in [-0.15, -0.1) is 11.3 Å². The van der Waals surface area contributed by atoms with Crippen LogP contribution in [0.5, 0.6) is 0 Å². The fourth-order valence-corrected chi connectivity index (χ4v) is 4.69. The third-order valence-corrected chi connectivity index (χ3v) is 5.72. The Hall–Kier alpha value is -0.460. The Labute approximate surface area is 100 Å². The Morgan fingerprint density at radius 3 is 2.56 bits per heavy atom. The van der Waals surface area contributed by atoms with Crippen LogP contribution in [-0.2, 0) is 15.6 Å². The molecule has 1 saturated heterocycles. The second-order valence-corrected chi connectivity index (χ2v) is 7.72. The Morgan fingerprint density at radius 2 is 2.12 bits per heavy atom. The normalized spacial score (nSPS) is 17.4. The van der Waals surface area contributed by atoms with Crippen molar-refractivity contribution < 1.29 is 8.42 Å². The Morgan fingerprint density at radius 1 is 1.44 bits per heavy atom. The standard InChI is InChI=1S/C10H16N2O2S2/c1-7-8(2)15-10(12-7)6-16(13,14)5-9-3-11-4-9/h9,11H,3-6H2,1-2H3. The quantitative estimate of drug-likeness (QED) is 0.873. The minimum Gasteiger partial charge on any atom is -0.316 e. The molecule has 0 aromatic carbocycles. The minimum atomic E-state index is -2.99. The van der Waals surface area contributed by atoms with Crippen molar-refractivity contribution in [2.24, 2.45) is 5.92 Å². The van der Waals surface area contributed by atoms with Crippen molar-refractivity contribution in [2.75, 3.05) is 18.8 Å². The van der Waals surface area contributed by atoms with E-state index in [2.05, 4.69) is 10.3 Å². The van der Waals surface area contributed by atoms with E-state index in [1.165, 1.54) is 11.3 Å². The maximum Gasteiger partial charge on any atom is 0.157 e. The average Bonchev–Trinajstić information content (AvgIpc) is 2.38.